The van der Waals surface area contributed by atoms with Crippen LogP contribution in [0.1, 0.15) is 0 Å². The minimum absolute atomic E-state index is 0.486. The lowest BCUT2D eigenvalue weighted by molar-refractivity contribution is 0.430. The van der Waals surface area contributed by atoms with Crippen molar-refractivity contribution in [3.63, 3.8) is 0 Å². The molecule has 2 aromatic carbocycles. The van der Waals surface area contributed by atoms with Crippen LogP contribution in [0.5, 0.6) is 5.75 Å². The Morgan fingerprint density at radius 2 is 1.00 bits per heavy atom. The van der Waals surface area contributed by atoms with Crippen molar-refractivity contribution in [3.8, 4) is 5.75 Å². The highest BCUT2D eigenvalue weighted by Gasteiger charge is 2.37. The second kappa shape index (κ2) is 5.12. The summed E-state index contributed by atoms with van der Waals surface area (Å²) < 4.78 is 96.3. The fourth-order valence-corrected chi connectivity index (χ4v) is 5.56. The van der Waals surface area contributed by atoms with Gasteiger partial charge in [0.2, 0.25) is 0 Å². The molecule has 0 radical (unpaired) electrons. The standard InChI is InChI=1S/C10H8O10S3/c11-7-5-3-1-2-4-6(5)8(21(12,13)14)10(23(18,19)20)9(7)22(15,16)17/h1-4,11H,(H,12,13,14)(H,15,16,17)(H,18,19,20). The highest BCUT2D eigenvalue weighted by Crippen LogP contribution is 2.42. The van der Waals surface area contributed by atoms with Crippen molar-refractivity contribution in [2.75, 3.05) is 0 Å². The van der Waals surface area contributed by atoms with Crippen molar-refractivity contribution in [3.05, 3.63) is 24.3 Å². The van der Waals surface area contributed by atoms with E-state index in [4.69, 9.17) is 4.55 Å². The van der Waals surface area contributed by atoms with E-state index in [-0.39, 0.29) is 0 Å². The van der Waals surface area contributed by atoms with E-state index in [9.17, 15) is 39.5 Å². The molecule has 0 amide bonds. The van der Waals surface area contributed by atoms with Crippen LogP contribution in [0.15, 0.2) is 39.0 Å². The molecule has 0 aliphatic carbocycles. The summed E-state index contributed by atoms with van der Waals surface area (Å²) >= 11 is 0. The Balaban J connectivity index is 3.43. The van der Waals surface area contributed by atoms with E-state index in [0.29, 0.717) is 0 Å². The Morgan fingerprint density at radius 1 is 0.609 bits per heavy atom. The number of hydrogen-bond donors (Lipinski definition) is 4. The molecule has 126 valence electrons. The zero-order valence-electron chi connectivity index (χ0n) is 10.8. The van der Waals surface area contributed by atoms with Crippen molar-refractivity contribution in [1.82, 2.24) is 0 Å². The van der Waals surface area contributed by atoms with Crippen LogP contribution in [0.3, 0.4) is 0 Å². The molecule has 13 heteroatoms. The van der Waals surface area contributed by atoms with Crippen LogP contribution >= 0.6 is 0 Å². The SMILES string of the molecule is O=S(=O)(O)c1c(S(=O)(=O)O)c(S(=O)(=O)O)c2ccccc2c1O. The molecular formula is C10H8O10S3. The van der Waals surface area contributed by atoms with Crippen molar-refractivity contribution < 1.29 is 44.0 Å². The molecule has 23 heavy (non-hydrogen) atoms. The fourth-order valence-electron chi connectivity index (χ4n) is 2.07. The van der Waals surface area contributed by atoms with Crippen LogP contribution < -0.4 is 0 Å². The zero-order valence-corrected chi connectivity index (χ0v) is 13.2. The maximum Gasteiger partial charge on any atom is 0.299 e. The van der Waals surface area contributed by atoms with Gasteiger partial charge in [-0.2, -0.15) is 25.3 Å². The summed E-state index contributed by atoms with van der Waals surface area (Å²) in [5.74, 6) is -1.30. The van der Waals surface area contributed by atoms with E-state index in [2.05, 4.69) is 0 Å². The molecule has 0 bridgehead atoms. The highest BCUT2D eigenvalue weighted by molar-refractivity contribution is 7.90. The summed E-state index contributed by atoms with van der Waals surface area (Å²) in [6.45, 7) is 0. The number of rotatable bonds is 3. The van der Waals surface area contributed by atoms with Gasteiger partial charge in [-0.3, -0.25) is 13.7 Å². The molecule has 0 aliphatic rings. The van der Waals surface area contributed by atoms with Crippen LogP contribution in [-0.2, 0) is 30.4 Å². The van der Waals surface area contributed by atoms with E-state index in [1.807, 2.05) is 0 Å². The Labute approximate surface area is 130 Å². The summed E-state index contributed by atoms with van der Waals surface area (Å²) in [4.78, 5) is -5.09. The first-order chi connectivity index (χ1) is 10.3. The molecule has 0 heterocycles. The molecule has 4 N–H and O–H groups in total. The molecular weight excluding hydrogens is 376 g/mol. The predicted octanol–water partition coefficient (Wildman–Crippen LogP) is 0.286. The molecule has 0 fully saturated rings. The molecule has 2 rings (SSSR count). The third-order valence-corrected chi connectivity index (χ3v) is 5.86. The smallest absolute Gasteiger partial charge is 0.299 e. The second-order valence-corrected chi connectivity index (χ2v) is 8.38. The van der Waals surface area contributed by atoms with E-state index < -0.39 is 61.6 Å². The largest absolute Gasteiger partial charge is 0.506 e. The molecule has 0 aliphatic heterocycles. The van der Waals surface area contributed by atoms with Gasteiger partial charge in [-0.05, 0) is 0 Å². The maximum atomic E-state index is 11.5. The first-order valence-electron chi connectivity index (χ1n) is 5.46. The number of aromatic hydroxyl groups is 1. The number of phenolic OH excluding ortho intramolecular Hbond substituents is 1. The topological polar surface area (TPSA) is 183 Å². The van der Waals surface area contributed by atoms with E-state index >= 15 is 0 Å². The van der Waals surface area contributed by atoms with Crippen LogP contribution in [0.4, 0.5) is 0 Å². The third kappa shape index (κ3) is 3.01. The quantitative estimate of drug-likeness (QED) is 0.536. The monoisotopic (exact) mass is 384 g/mol. The average molecular weight is 384 g/mol. The van der Waals surface area contributed by atoms with E-state index in [0.717, 1.165) is 12.1 Å². The first-order valence-corrected chi connectivity index (χ1v) is 9.78. The normalized spacial score (nSPS) is 13.3. The fraction of sp³-hybridized carbons (Fsp3) is 0. The molecule has 0 unspecified atom stereocenters. The average Bonchev–Trinajstić information content (AvgIpc) is 2.34. The van der Waals surface area contributed by atoms with Gasteiger partial charge >= 0.3 is 0 Å². The lowest BCUT2D eigenvalue weighted by Gasteiger charge is -2.14. The second-order valence-electron chi connectivity index (χ2n) is 4.31. The van der Waals surface area contributed by atoms with Gasteiger partial charge in [0.1, 0.15) is 15.5 Å². The third-order valence-electron chi connectivity index (χ3n) is 2.83. The zero-order chi connectivity index (χ0) is 17.8. The minimum Gasteiger partial charge on any atom is -0.506 e. The van der Waals surface area contributed by atoms with Crippen LogP contribution in [0.25, 0.3) is 10.8 Å². The van der Waals surface area contributed by atoms with Gasteiger partial charge in [-0.15, -0.1) is 0 Å². The molecule has 0 saturated heterocycles. The molecule has 0 saturated carbocycles. The summed E-state index contributed by atoms with van der Waals surface area (Å²) in [5, 5.41) is 8.87. The summed E-state index contributed by atoms with van der Waals surface area (Å²) in [7, 11) is -16.4. The molecule has 0 aromatic heterocycles. The van der Waals surface area contributed by atoms with Crippen LogP contribution in [0.2, 0.25) is 0 Å². The number of hydrogen-bond acceptors (Lipinski definition) is 7. The van der Waals surface area contributed by atoms with Gasteiger partial charge in [-0.25, -0.2) is 0 Å². The number of phenols is 1. The van der Waals surface area contributed by atoms with Crippen molar-refractivity contribution in [2.45, 2.75) is 14.7 Å². The lowest BCUT2D eigenvalue weighted by Crippen LogP contribution is -2.15. The van der Waals surface area contributed by atoms with Gasteiger partial charge in [-0.1, -0.05) is 24.3 Å². The summed E-state index contributed by atoms with van der Waals surface area (Å²) in [5.41, 5.74) is 0. The van der Waals surface area contributed by atoms with Gasteiger partial charge in [0.05, 0.1) is 0 Å². The predicted molar refractivity (Wildman–Crippen MR) is 75.1 cm³/mol. The molecule has 0 spiro atoms. The van der Waals surface area contributed by atoms with Crippen molar-refractivity contribution in [2.24, 2.45) is 0 Å². The Kier molecular flexibility index (Phi) is 3.91. The first kappa shape index (κ1) is 17.6. The van der Waals surface area contributed by atoms with Gasteiger partial charge in [0.15, 0.2) is 4.90 Å². The van der Waals surface area contributed by atoms with E-state index in [1.54, 1.807) is 0 Å². The number of benzene rings is 2. The molecule has 0 atom stereocenters. The van der Waals surface area contributed by atoms with Gasteiger partial charge in [0, 0.05) is 10.8 Å². The van der Waals surface area contributed by atoms with Crippen LogP contribution in [0, 0.1) is 0 Å². The Bertz CT molecular complexity index is 1130. The maximum absolute atomic E-state index is 11.5. The molecule has 10 nitrogen and oxygen atoms in total. The lowest BCUT2D eigenvalue weighted by atomic mass is 10.1. The number of fused-ring (bicyclic) bond motifs is 1. The summed E-state index contributed by atoms with van der Waals surface area (Å²) in [6, 6.07) is 4.43. The molecule has 2 aromatic rings. The van der Waals surface area contributed by atoms with Crippen LogP contribution in [-0.4, -0.2) is 44.0 Å². The highest BCUT2D eigenvalue weighted by atomic mass is 32.2. The minimum atomic E-state index is -5.58. The Hall–Kier alpha value is -1.77. The van der Waals surface area contributed by atoms with Gasteiger partial charge < -0.3 is 5.11 Å². The van der Waals surface area contributed by atoms with Crippen molar-refractivity contribution >= 4 is 41.1 Å². The summed E-state index contributed by atoms with van der Waals surface area (Å²) in [6.07, 6.45) is 0. The van der Waals surface area contributed by atoms with Crippen molar-refractivity contribution in [1.29, 1.82) is 0 Å². The Morgan fingerprint density at radius 3 is 1.39 bits per heavy atom. The van der Waals surface area contributed by atoms with E-state index in [1.165, 1.54) is 12.1 Å². The van der Waals surface area contributed by atoms with Gasteiger partial charge in [0.25, 0.3) is 30.4 Å².